The van der Waals surface area contributed by atoms with E-state index in [9.17, 15) is 14.4 Å². The Labute approximate surface area is 134 Å². The van der Waals surface area contributed by atoms with Crippen LogP contribution in [0, 0.1) is 11.3 Å². The van der Waals surface area contributed by atoms with Crippen LogP contribution >= 0.6 is 0 Å². The van der Waals surface area contributed by atoms with Crippen LogP contribution in [0.25, 0.3) is 0 Å². The topological polar surface area (TPSA) is 88.1 Å². The summed E-state index contributed by atoms with van der Waals surface area (Å²) in [5.41, 5.74) is -1.39. The molecular weight excluding hydrogens is 304 g/mol. The van der Waals surface area contributed by atoms with Crippen molar-refractivity contribution in [3.63, 3.8) is 0 Å². The van der Waals surface area contributed by atoms with Gasteiger partial charge in [-0.15, -0.1) is 0 Å². The Kier molecular flexibility index (Phi) is 4.72. The van der Waals surface area contributed by atoms with Gasteiger partial charge in [0.25, 0.3) is 0 Å². The van der Waals surface area contributed by atoms with E-state index in [0.717, 1.165) is 0 Å². The van der Waals surface area contributed by atoms with Crippen molar-refractivity contribution < 1.29 is 33.3 Å². The molecule has 126 valence electrons. The molecule has 3 atom stereocenters. The smallest absolute Gasteiger partial charge is 0.320 e. The Morgan fingerprint density at radius 2 is 1.87 bits per heavy atom. The summed E-state index contributed by atoms with van der Waals surface area (Å²) >= 11 is 0. The average Bonchev–Trinajstić information content (AvgIpc) is 2.54. The fourth-order valence-electron chi connectivity index (χ4n) is 3.46. The van der Waals surface area contributed by atoms with Gasteiger partial charge in [-0.2, -0.15) is 0 Å². The molecule has 0 saturated carbocycles. The van der Waals surface area contributed by atoms with Crippen molar-refractivity contribution >= 4 is 17.7 Å². The average molecular weight is 324 g/mol. The van der Waals surface area contributed by atoms with E-state index < -0.39 is 40.9 Å². The van der Waals surface area contributed by atoms with Crippen LogP contribution in [0.4, 0.5) is 0 Å². The third-order valence-electron chi connectivity index (χ3n) is 4.48. The number of esters is 2. The molecule has 0 amide bonds. The highest BCUT2D eigenvalue weighted by Gasteiger charge is 2.65. The molecule has 7 nitrogen and oxygen atoms in total. The molecule has 0 aromatic rings. The summed E-state index contributed by atoms with van der Waals surface area (Å²) in [7, 11) is 3.91. The van der Waals surface area contributed by atoms with Crippen LogP contribution in [0.1, 0.15) is 13.3 Å². The van der Waals surface area contributed by atoms with Crippen LogP contribution in [0.15, 0.2) is 24.3 Å². The second-order valence-corrected chi connectivity index (χ2v) is 5.44. The second kappa shape index (κ2) is 6.25. The zero-order valence-electron chi connectivity index (χ0n) is 13.5. The number of hydrogen-bond donors (Lipinski definition) is 0. The first-order valence-corrected chi connectivity index (χ1v) is 7.15. The van der Waals surface area contributed by atoms with Crippen molar-refractivity contribution in [3.05, 3.63) is 24.3 Å². The molecule has 2 aliphatic rings. The quantitative estimate of drug-likeness (QED) is 0.429. The number of allylic oxidation sites excluding steroid dienone is 1. The molecule has 0 radical (unpaired) electrons. The van der Waals surface area contributed by atoms with Gasteiger partial charge in [-0.05, 0) is 18.6 Å². The van der Waals surface area contributed by atoms with Gasteiger partial charge in [0.05, 0.1) is 7.11 Å². The Morgan fingerprint density at radius 1 is 1.22 bits per heavy atom. The molecule has 0 aliphatic heterocycles. The largest absolute Gasteiger partial charge is 0.468 e. The number of fused-ring (bicyclic) bond motifs is 1. The number of carbonyl (C=O) groups excluding carboxylic acids is 3. The standard InChI is InChI=1S/C16H20O7/c1-10(17)23-13-7-5-6-11-15(13,14(19)20-2)9-8-12(18)16(11,21-3)22-4/h5,7-9,11,13H,6H2,1-4H3/t11-,13+,15+/m1/s1. The molecule has 0 saturated heterocycles. The third kappa shape index (κ3) is 2.40. The Morgan fingerprint density at radius 3 is 2.39 bits per heavy atom. The van der Waals surface area contributed by atoms with E-state index in [0.29, 0.717) is 6.42 Å². The van der Waals surface area contributed by atoms with Gasteiger partial charge in [0.15, 0.2) is 0 Å². The minimum Gasteiger partial charge on any atom is -0.468 e. The first kappa shape index (κ1) is 17.4. The summed E-state index contributed by atoms with van der Waals surface area (Å²) < 4.78 is 21.0. The molecular formula is C16H20O7. The molecule has 0 N–H and O–H groups in total. The summed E-state index contributed by atoms with van der Waals surface area (Å²) in [6, 6.07) is 0. The van der Waals surface area contributed by atoms with E-state index >= 15 is 0 Å². The summed E-state index contributed by atoms with van der Waals surface area (Å²) in [5.74, 6) is -3.96. The van der Waals surface area contributed by atoms with Crippen LogP contribution in [0.2, 0.25) is 0 Å². The van der Waals surface area contributed by atoms with Crippen molar-refractivity contribution in [1.82, 2.24) is 0 Å². The van der Waals surface area contributed by atoms with Crippen LogP contribution < -0.4 is 0 Å². The molecule has 0 bridgehead atoms. The first-order chi connectivity index (χ1) is 10.9. The fraction of sp³-hybridized carbons (Fsp3) is 0.562. The second-order valence-electron chi connectivity index (χ2n) is 5.44. The minimum absolute atomic E-state index is 0.324. The van der Waals surface area contributed by atoms with Crippen LogP contribution in [0.5, 0.6) is 0 Å². The molecule has 0 spiro atoms. The van der Waals surface area contributed by atoms with Gasteiger partial charge >= 0.3 is 11.9 Å². The predicted octanol–water partition coefficient (Wildman–Crippen LogP) is 0.782. The molecule has 2 aliphatic carbocycles. The van der Waals surface area contributed by atoms with Crippen molar-refractivity contribution in [2.75, 3.05) is 21.3 Å². The van der Waals surface area contributed by atoms with Gasteiger partial charge in [-0.3, -0.25) is 14.4 Å². The van der Waals surface area contributed by atoms with E-state index in [-0.39, 0.29) is 0 Å². The fourth-order valence-corrected chi connectivity index (χ4v) is 3.46. The van der Waals surface area contributed by atoms with Crippen molar-refractivity contribution in [1.29, 1.82) is 0 Å². The maximum atomic E-state index is 12.6. The normalized spacial score (nSPS) is 31.4. The lowest BCUT2D eigenvalue weighted by atomic mass is 9.60. The van der Waals surface area contributed by atoms with Gasteiger partial charge < -0.3 is 18.9 Å². The van der Waals surface area contributed by atoms with E-state index in [1.54, 1.807) is 12.2 Å². The summed E-state index contributed by atoms with van der Waals surface area (Å²) in [6.45, 7) is 1.25. The monoisotopic (exact) mass is 324 g/mol. The van der Waals surface area contributed by atoms with E-state index in [1.165, 1.54) is 40.4 Å². The number of ether oxygens (including phenoxy) is 4. The molecule has 0 fully saturated rings. The molecule has 2 rings (SSSR count). The zero-order valence-corrected chi connectivity index (χ0v) is 13.5. The molecule has 0 aromatic carbocycles. The van der Waals surface area contributed by atoms with E-state index in [4.69, 9.17) is 18.9 Å². The summed E-state index contributed by atoms with van der Waals surface area (Å²) in [5, 5.41) is 0. The van der Waals surface area contributed by atoms with E-state index in [1.807, 2.05) is 0 Å². The highest BCUT2D eigenvalue weighted by Crippen LogP contribution is 2.51. The molecule has 0 unspecified atom stereocenters. The summed E-state index contributed by atoms with van der Waals surface area (Å²) in [6.07, 6.45) is 5.41. The SMILES string of the molecule is COC(=O)[C@@]12C=CC(=O)C(OC)(OC)[C@@H]1CC=C[C@@H]2OC(C)=O. The number of rotatable bonds is 4. The number of carbonyl (C=O) groups is 3. The molecule has 0 heterocycles. The van der Waals surface area contributed by atoms with Crippen LogP contribution in [-0.2, 0) is 33.3 Å². The lowest BCUT2D eigenvalue weighted by Crippen LogP contribution is -2.64. The van der Waals surface area contributed by atoms with Gasteiger partial charge in [0, 0.05) is 27.1 Å². The number of ketones is 1. The van der Waals surface area contributed by atoms with Gasteiger partial charge in [-0.1, -0.05) is 12.2 Å². The van der Waals surface area contributed by atoms with Crippen LogP contribution in [-0.4, -0.2) is 50.9 Å². The predicted molar refractivity (Wildman–Crippen MR) is 78.1 cm³/mol. The lowest BCUT2D eigenvalue weighted by Gasteiger charge is -2.50. The Bertz CT molecular complexity index is 573. The van der Waals surface area contributed by atoms with Crippen molar-refractivity contribution in [3.8, 4) is 0 Å². The highest BCUT2D eigenvalue weighted by molar-refractivity contribution is 6.00. The van der Waals surface area contributed by atoms with Gasteiger partial charge in [0.2, 0.25) is 11.6 Å². The van der Waals surface area contributed by atoms with Gasteiger partial charge in [-0.25, -0.2) is 0 Å². The minimum atomic E-state index is -1.65. The highest BCUT2D eigenvalue weighted by atomic mass is 16.7. The van der Waals surface area contributed by atoms with Crippen molar-refractivity contribution in [2.24, 2.45) is 11.3 Å². The van der Waals surface area contributed by atoms with E-state index in [2.05, 4.69) is 0 Å². The maximum Gasteiger partial charge on any atom is 0.320 e. The summed E-state index contributed by atoms with van der Waals surface area (Å²) in [4.78, 5) is 36.5. The molecule has 23 heavy (non-hydrogen) atoms. The lowest BCUT2D eigenvalue weighted by molar-refractivity contribution is -0.252. The molecule has 7 heteroatoms. The number of hydrogen-bond acceptors (Lipinski definition) is 7. The maximum absolute atomic E-state index is 12.6. The first-order valence-electron chi connectivity index (χ1n) is 7.15. The molecule has 0 aromatic heterocycles. The van der Waals surface area contributed by atoms with Gasteiger partial charge in [0.1, 0.15) is 11.5 Å². The zero-order chi connectivity index (χ0) is 17.3. The third-order valence-corrected chi connectivity index (χ3v) is 4.48. The number of methoxy groups -OCH3 is 3. The van der Waals surface area contributed by atoms with Crippen molar-refractivity contribution in [2.45, 2.75) is 25.2 Å². The van der Waals surface area contributed by atoms with Crippen LogP contribution in [0.3, 0.4) is 0 Å². The Hall–Kier alpha value is -1.99. The Balaban J connectivity index is 2.67.